The number of urea groups is 1. The number of aryl methyl sites for hydroxylation is 1. The molecule has 2 aliphatic heterocycles. The van der Waals surface area contributed by atoms with E-state index in [1.807, 2.05) is 0 Å². The van der Waals surface area contributed by atoms with Crippen LogP contribution in [-0.4, -0.2) is 57.8 Å². The van der Waals surface area contributed by atoms with E-state index in [1.54, 1.807) is 6.08 Å². The van der Waals surface area contributed by atoms with Crippen molar-refractivity contribution in [3.63, 3.8) is 0 Å². The van der Waals surface area contributed by atoms with Crippen LogP contribution in [0.5, 0.6) is 0 Å². The number of likely N-dealkylation sites (tertiary alicyclic amines) is 1. The van der Waals surface area contributed by atoms with Gasteiger partial charge < -0.3 is 9.88 Å². The minimum atomic E-state index is -0.480. The molecule has 0 saturated carbocycles. The number of piperidine rings is 1. The van der Waals surface area contributed by atoms with Crippen LogP contribution in [0, 0.1) is 0 Å². The molecule has 0 radical (unpaired) electrons. The summed E-state index contributed by atoms with van der Waals surface area (Å²) in [7, 11) is 0. The van der Waals surface area contributed by atoms with Crippen molar-refractivity contribution in [2.45, 2.75) is 51.0 Å². The lowest BCUT2D eigenvalue weighted by molar-refractivity contribution is -0.121. The van der Waals surface area contributed by atoms with Crippen LogP contribution < -0.4 is 10.6 Å². The minimum absolute atomic E-state index is 0.221. The van der Waals surface area contributed by atoms with Crippen LogP contribution in [0.1, 0.15) is 49.7 Å². The number of fused-ring (bicyclic) bond motifs is 1. The second kappa shape index (κ2) is 8.93. The molecule has 26 heavy (non-hydrogen) atoms. The highest BCUT2D eigenvalue weighted by molar-refractivity contribution is 5.95. The number of amides is 3. The number of rotatable bonds is 5. The van der Waals surface area contributed by atoms with Crippen LogP contribution in [0.2, 0.25) is 0 Å². The number of nitrogens with one attached hydrogen (secondary N) is 2. The molecule has 0 bridgehead atoms. The van der Waals surface area contributed by atoms with Gasteiger partial charge in [-0.2, -0.15) is 0 Å². The second-order valence-corrected chi connectivity index (χ2v) is 7.06. The van der Waals surface area contributed by atoms with Gasteiger partial charge in [-0.3, -0.25) is 15.0 Å². The van der Waals surface area contributed by atoms with E-state index in [0.717, 1.165) is 50.5 Å². The molecule has 1 atom stereocenters. The van der Waals surface area contributed by atoms with Gasteiger partial charge in [-0.05, 0) is 32.2 Å². The second-order valence-electron chi connectivity index (χ2n) is 7.06. The molecule has 2 N–H and O–H groups in total. The maximum absolute atomic E-state index is 12.1. The normalized spacial score (nSPS) is 20.7. The molecular weight excluding hydrogens is 332 g/mol. The Kier molecular flexibility index (Phi) is 6.38. The zero-order chi connectivity index (χ0) is 18.4. The van der Waals surface area contributed by atoms with Crippen LogP contribution in [0.25, 0.3) is 0 Å². The molecule has 1 aromatic heterocycles. The van der Waals surface area contributed by atoms with E-state index >= 15 is 0 Å². The van der Waals surface area contributed by atoms with Gasteiger partial charge in [0.1, 0.15) is 11.6 Å². The van der Waals surface area contributed by atoms with Crippen LogP contribution in [-0.2, 0) is 17.8 Å². The number of carbonyl (C=O) groups is 2. The number of hydrogen-bond acceptors (Lipinski definition) is 5. The van der Waals surface area contributed by atoms with Gasteiger partial charge in [0.15, 0.2) is 0 Å². The SMILES string of the molecule is C=CCNC(=O)NC(=O)CN1CCCC(c2nnc3n2CCCCC3)C1. The number of imide groups is 1. The summed E-state index contributed by atoms with van der Waals surface area (Å²) < 4.78 is 2.30. The van der Waals surface area contributed by atoms with Gasteiger partial charge in [-0.1, -0.05) is 12.5 Å². The van der Waals surface area contributed by atoms with Crippen molar-refractivity contribution in [2.24, 2.45) is 0 Å². The van der Waals surface area contributed by atoms with E-state index in [9.17, 15) is 9.59 Å². The Morgan fingerprint density at radius 2 is 2.08 bits per heavy atom. The fourth-order valence-corrected chi connectivity index (χ4v) is 3.80. The largest absolute Gasteiger partial charge is 0.334 e. The maximum atomic E-state index is 12.1. The molecule has 3 rings (SSSR count). The van der Waals surface area contributed by atoms with E-state index in [-0.39, 0.29) is 12.5 Å². The van der Waals surface area contributed by atoms with E-state index < -0.39 is 6.03 Å². The lowest BCUT2D eigenvalue weighted by Gasteiger charge is -2.31. The minimum Gasteiger partial charge on any atom is -0.334 e. The summed E-state index contributed by atoms with van der Waals surface area (Å²) in [6.45, 7) is 6.72. The Labute approximate surface area is 154 Å². The molecule has 142 valence electrons. The summed E-state index contributed by atoms with van der Waals surface area (Å²) in [5.41, 5.74) is 0. The van der Waals surface area contributed by atoms with E-state index in [2.05, 4.69) is 36.9 Å². The molecular formula is C18H28N6O2. The van der Waals surface area contributed by atoms with Crippen molar-refractivity contribution in [3.05, 3.63) is 24.3 Å². The topological polar surface area (TPSA) is 92.2 Å². The molecule has 0 aromatic carbocycles. The van der Waals surface area contributed by atoms with Crippen LogP contribution in [0.15, 0.2) is 12.7 Å². The molecule has 0 aliphatic carbocycles. The highest BCUT2D eigenvalue weighted by Crippen LogP contribution is 2.27. The molecule has 8 heteroatoms. The number of carbonyl (C=O) groups excluding carboxylic acids is 2. The standard InChI is InChI=1S/C18H28N6O2/c1-2-9-19-18(26)20-16(25)13-23-10-6-7-14(12-23)17-22-21-15-8-4-3-5-11-24(15)17/h2,14H,1,3-13H2,(H2,19,20,25,26). The van der Waals surface area contributed by atoms with Gasteiger partial charge in [0.25, 0.3) is 0 Å². The van der Waals surface area contributed by atoms with Gasteiger partial charge in [-0.25, -0.2) is 4.79 Å². The average molecular weight is 360 g/mol. The maximum Gasteiger partial charge on any atom is 0.321 e. The van der Waals surface area contributed by atoms with Crippen LogP contribution >= 0.6 is 0 Å². The number of aromatic nitrogens is 3. The highest BCUT2D eigenvalue weighted by atomic mass is 16.2. The first kappa shape index (κ1) is 18.6. The Bertz CT molecular complexity index is 656. The molecule has 1 aromatic rings. The summed E-state index contributed by atoms with van der Waals surface area (Å²) in [4.78, 5) is 25.8. The van der Waals surface area contributed by atoms with Gasteiger partial charge >= 0.3 is 6.03 Å². The number of nitrogens with zero attached hydrogens (tertiary/aromatic N) is 4. The first-order valence-electron chi connectivity index (χ1n) is 9.50. The van der Waals surface area contributed by atoms with Crippen molar-refractivity contribution < 1.29 is 9.59 Å². The van der Waals surface area contributed by atoms with Crippen LogP contribution in [0.3, 0.4) is 0 Å². The Morgan fingerprint density at radius 3 is 2.92 bits per heavy atom. The summed E-state index contributed by atoms with van der Waals surface area (Å²) in [6, 6.07) is -0.480. The quantitative estimate of drug-likeness (QED) is 0.770. The third-order valence-electron chi connectivity index (χ3n) is 5.04. The van der Waals surface area contributed by atoms with E-state index in [4.69, 9.17) is 0 Å². The predicted octanol–water partition coefficient (Wildman–Crippen LogP) is 1.20. The van der Waals surface area contributed by atoms with E-state index in [0.29, 0.717) is 12.5 Å². The van der Waals surface area contributed by atoms with E-state index in [1.165, 1.54) is 19.3 Å². The number of hydrogen-bond donors (Lipinski definition) is 2. The highest BCUT2D eigenvalue weighted by Gasteiger charge is 2.28. The van der Waals surface area contributed by atoms with Crippen molar-refractivity contribution >= 4 is 11.9 Å². The lowest BCUT2D eigenvalue weighted by Crippen LogP contribution is -2.46. The molecule has 3 amide bonds. The van der Waals surface area contributed by atoms with Crippen molar-refractivity contribution in [1.82, 2.24) is 30.3 Å². The zero-order valence-electron chi connectivity index (χ0n) is 15.2. The lowest BCUT2D eigenvalue weighted by atomic mass is 9.97. The van der Waals surface area contributed by atoms with Crippen molar-refractivity contribution in [1.29, 1.82) is 0 Å². The zero-order valence-corrected chi connectivity index (χ0v) is 15.2. The third kappa shape index (κ3) is 4.69. The Hall–Kier alpha value is -2.22. The summed E-state index contributed by atoms with van der Waals surface area (Å²) in [5.74, 6) is 2.18. The molecule has 1 fully saturated rings. The molecule has 8 nitrogen and oxygen atoms in total. The summed E-state index contributed by atoms with van der Waals surface area (Å²) in [5, 5.41) is 13.8. The third-order valence-corrected chi connectivity index (χ3v) is 5.04. The Morgan fingerprint density at radius 1 is 1.19 bits per heavy atom. The van der Waals surface area contributed by atoms with Crippen LogP contribution in [0.4, 0.5) is 4.79 Å². The Balaban J connectivity index is 1.56. The molecule has 1 unspecified atom stereocenters. The molecule has 3 heterocycles. The van der Waals surface area contributed by atoms with Crippen molar-refractivity contribution in [2.75, 3.05) is 26.2 Å². The van der Waals surface area contributed by atoms with Gasteiger partial charge in [0.2, 0.25) is 5.91 Å². The summed E-state index contributed by atoms with van der Waals surface area (Å²) in [6.07, 6.45) is 8.26. The fourth-order valence-electron chi connectivity index (χ4n) is 3.80. The molecule has 2 aliphatic rings. The van der Waals surface area contributed by atoms with Gasteiger partial charge in [0, 0.05) is 32.0 Å². The predicted molar refractivity (Wildman–Crippen MR) is 97.7 cm³/mol. The monoisotopic (exact) mass is 360 g/mol. The first-order chi connectivity index (χ1) is 12.7. The summed E-state index contributed by atoms with van der Waals surface area (Å²) >= 11 is 0. The van der Waals surface area contributed by atoms with Gasteiger partial charge in [0.05, 0.1) is 6.54 Å². The average Bonchev–Trinajstić information content (AvgIpc) is 2.88. The molecule has 1 saturated heterocycles. The smallest absolute Gasteiger partial charge is 0.321 e. The molecule has 0 spiro atoms. The first-order valence-corrected chi connectivity index (χ1v) is 9.50. The van der Waals surface area contributed by atoms with Gasteiger partial charge in [-0.15, -0.1) is 16.8 Å². The fraction of sp³-hybridized carbons (Fsp3) is 0.667. The van der Waals surface area contributed by atoms with Crippen molar-refractivity contribution in [3.8, 4) is 0 Å².